The minimum Gasteiger partial charge on any atom is -0.390 e. The summed E-state index contributed by atoms with van der Waals surface area (Å²) >= 11 is 0. The van der Waals surface area contributed by atoms with Gasteiger partial charge in [0.25, 0.3) is 0 Å². The Hall–Kier alpha value is -1.25. The van der Waals surface area contributed by atoms with E-state index in [9.17, 15) is 23.4 Å². The molecule has 126 valence electrons. The largest absolute Gasteiger partial charge is 0.434 e. The molecule has 3 atom stereocenters. The topological polar surface area (TPSA) is 75.5 Å². The number of hydrogen-bond donors (Lipinski definition) is 2. The van der Waals surface area contributed by atoms with Crippen molar-refractivity contribution in [2.45, 2.75) is 57.6 Å². The van der Waals surface area contributed by atoms with Crippen LogP contribution in [0, 0.1) is 6.92 Å². The van der Waals surface area contributed by atoms with Gasteiger partial charge in [0.1, 0.15) is 6.10 Å². The highest BCUT2D eigenvalue weighted by Crippen LogP contribution is 2.26. The van der Waals surface area contributed by atoms with E-state index < -0.39 is 24.1 Å². The van der Waals surface area contributed by atoms with Crippen LogP contribution in [0.3, 0.4) is 0 Å². The van der Waals surface area contributed by atoms with Crippen molar-refractivity contribution in [2.75, 3.05) is 6.61 Å². The van der Waals surface area contributed by atoms with Gasteiger partial charge in [-0.05, 0) is 19.8 Å². The van der Waals surface area contributed by atoms with Crippen LogP contribution in [0.15, 0.2) is 12.4 Å². The number of hydrogen-bond acceptors (Lipinski definition) is 5. The van der Waals surface area contributed by atoms with Gasteiger partial charge in [0.2, 0.25) is 0 Å². The van der Waals surface area contributed by atoms with Gasteiger partial charge >= 0.3 is 6.18 Å². The zero-order valence-corrected chi connectivity index (χ0v) is 12.5. The molecule has 1 fully saturated rings. The maximum absolute atomic E-state index is 11.9. The van der Waals surface area contributed by atoms with Crippen LogP contribution in [0.2, 0.25) is 0 Å². The van der Waals surface area contributed by atoms with Gasteiger partial charge in [0, 0.05) is 12.8 Å². The summed E-state index contributed by atoms with van der Waals surface area (Å²) in [4.78, 5) is 6.63. The second-order valence-electron chi connectivity index (χ2n) is 5.09. The highest BCUT2D eigenvalue weighted by molar-refractivity contribution is 5.04. The fourth-order valence-corrected chi connectivity index (χ4v) is 2.00. The number of ether oxygens (including phenoxy) is 1. The first-order valence-electron chi connectivity index (χ1n) is 7.09. The molecule has 1 aliphatic rings. The first kappa shape index (κ1) is 18.8. The molecule has 22 heavy (non-hydrogen) atoms. The van der Waals surface area contributed by atoms with Crippen molar-refractivity contribution in [3.05, 3.63) is 23.8 Å². The number of aryl methyl sites for hydroxylation is 1. The standard InChI is InChI=1S/C8H16O3.C6H5F3N2/c1-2-3-7-8(10)6(9)4-5-11-7;1-4-2-10-3-5(11-4)6(7,8)9/h6-10H,2-5H2,1H3;2-3H,1H3. The van der Waals surface area contributed by atoms with Crippen LogP contribution in [-0.2, 0) is 10.9 Å². The number of aliphatic hydroxyl groups is 2. The van der Waals surface area contributed by atoms with Crippen molar-refractivity contribution in [2.24, 2.45) is 0 Å². The molecule has 0 spiro atoms. The Morgan fingerprint density at radius 2 is 2.00 bits per heavy atom. The van der Waals surface area contributed by atoms with Crippen LogP contribution in [-0.4, -0.2) is 45.1 Å². The Kier molecular flexibility index (Phi) is 7.18. The summed E-state index contributed by atoms with van der Waals surface area (Å²) in [5.74, 6) is 0. The highest BCUT2D eigenvalue weighted by Gasteiger charge is 2.32. The van der Waals surface area contributed by atoms with E-state index in [0.717, 1.165) is 12.8 Å². The first-order chi connectivity index (χ1) is 10.3. The lowest BCUT2D eigenvalue weighted by Gasteiger charge is -2.31. The third-order valence-electron chi connectivity index (χ3n) is 3.14. The predicted molar refractivity (Wildman–Crippen MR) is 73.0 cm³/mol. The normalized spacial score (nSPS) is 25.3. The average molecular weight is 322 g/mol. The van der Waals surface area contributed by atoms with E-state index in [4.69, 9.17) is 4.74 Å². The third kappa shape index (κ3) is 5.86. The van der Waals surface area contributed by atoms with Crippen LogP contribution in [0.5, 0.6) is 0 Å². The van der Waals surface area contributed by atoms with Crippen molar-refractivity contribution in [1.82, 2.24) is 9.97 Å². The molecule has 1 saturated heterocycles. The molecule has 0 aromatic carbocycles. The van der Waals surface area contributed by atoms with Crippen molar-refractivity contribution in [3.8, 4) is 0 Å². The van der Waals surface area contributed by atoms with E-state index in [1.165, 1.54) is 13.1 Å². The highest BCUT2D eigenvalue weighted by atomic mass is 19.4. The molecular formula is C14H21F3N2O3. The molecular weight excluding hydrogens is 301 g/mol. The summed E-state index contributed by atoms with van der Waals surface area (Å²) < 4.78 is 40.9. The number of nitrogens with zero attached hydrogens (tertiary/aromatic N) is 2. The summed E-state index contributed by atoms with van der Waals surface area (Å²) in [6.07, 6.45) is -1.46. The zero-order valence-electron chi connectivity index (χ0n) is 12.5. The maximum atomic E-state index is 11.9. The molecule has 8 heteroatoms. The molecule has 0 radical (unpaired) electrons. The summed E-state index contributed by atoms with van der Waals surface area (Å²) in [5.41, 5.74) is -0.683. The Morgan fingerprint density at radius 1 is 1.32 bits per heavy atom. The van der Waals surface area contributed by atoms with E-state index in [2.05, 4.69) is 9.97 Å². The Morgan fingerprint density at radius 3 is 2.50 bits per heavy atom. The smallest absolute Gasteiger partial charge is 0.390 e. The van der Waals surface area contributed by atoms with Gasteiger partial charge in [-0.25, -0.2) is 4.98 Å². The van der Waals surface area contributed by atoms with Crippen molar-refractivity contribution < 1.29 is 28.1 Å². The van der Waals surface area contributed by atoms with Crippen LogP contribution in [0.25, 0.3) is 0 Å². The van der Waals surface area contributed by atoms with Gasteiger partial charge in [0.15, 0.2) is 5.69 Å². The Labute approximate surface area is 127 Å². The van der Waals surface area contributed by atoms with Gasteiger partial charge < -0.3 is 14.9 Å². The fraction of sp³-hybridized carbons (Fsp3) is 0.714. The van der Waals surface area contributed by atoms with Crippen LogP contribution < -0.4 is 0 Å². The second kappa shape index (κ2) is 8.40. The predicted octanol–water partition coefficient (Wildman–Crippen LogP) is 2.10. The van der Waals surface area contributed by atoms with Gasteiger partial charge in [-0.3, -0.25) is 4.98 Å². The monoisotopic (exact) mass is 322 g/mol. The van der Waals surface area contributed by atoms with E-state index in [0.29, 0.717) is 19.2 Å². The molecule has 2 heterocycles. The number of halogens is 3. The van der Waals surface area contributed by atoms with Gasteiger partial charge in [0.05, 0.1) is 24.1 Å². The molecule has 5 nitrogen and oxygen atoms in total. The average Bonchev–Trinajstić information content (AvgIpc) is 2.44. The Bertz CT molecular complexity index is 455. The molecule has 0 saturated carbocycles. The van der Waals surface area contributed by atoms with Crippen LogP contribution in [0.1, 0.15) is 37.6 Å². The third-order valence-corrected chi connectivity index (χ3v) is 3.14. The van der Waals surface area contributed by atoms with Gasteiger partial charge in [-0.1, -0.05) is 13.3 Å². The first-order valence-corrected chi connectivity index (χ1v) is 7.09. The van der Waals surface area contributed by atoms with E-state index in [1.807, 2.05) is 6.92 Å². The quantitative estimate of drug-likeness (QED) is 0.872. The molecule has 3 unspecified atom stereocenters. The molecule has 1 aliphatic heterocycles. The molecule has 0 bridgehead atoms. The molecule has 0 amide bonds. The van der Waals surface area contributed by atoms with Crippen molar-refractivity contribution in [1.29, 1.82) is 0 Å². The molecule has 0 aliphatic carbocycles. The Balaban J connectivity index is 0.000000220. The second-order valence-corrected chi connectivity index (χ2v) is 5.09. The van der Waals surface area contributed by atoms with Gasteiger partial charge in [-0.2, -0.15) is 13.2 Å². The summed E-state index contributed by atoms with van der Waals surface area (Å²) in [6.45, 7) is 4.07. The van der Waals surface area contributed by atoms with Crippen molar-refractivity contribution in [3.63, 3.8) is 0 Å². The lowest BCUT2D eigenvalue weighted by Crippen LogP contribution is -2.44. The van der Waals surface area contributed by atoms with Gasteiger partial charge in [-0.15, -0.1) is 0 Å². The SMILES string of the molecule is CCCC1OCCC(O)C1O.Cc1cncc(C(F)(F)F)n1. The number of aromatic nitrogens is 2. The van der Waals surface area contributed by atoms with Crippen LogP contribution in [0.4, 0.5) is 13.2 Å². The zero-order chi connectivity index (χ0) is 16.8. The number of rotatable bonds is 2. The molecule has 1 aromatic heterocycles. The summed E-state index contributed by atoms with van der Waals surface area (Å²) in [5, 5.41) is 18.6. The molecule has 1 aromatic rings. The fourth-order valence-electron chi connectivity index (χ4n) is 2.00. The maximum Gasteiger partial charge on any atom is 0.434 e. The summed E-state index contributed by atoms with van der Waals surface area (Å²) in [6, 6.07) is 0. The van der Waals surface area contributed by atoms with Crippen molar-refractivity contribution >= 4 is 0 Å². The van der Waals surface area contributed by atoms with E-state index >= 15 is 0 Å². The molecule has 2 rings (SSSR count). The van der Waals surface area contributed by atoms with E-state index in [1.54, 1.807) is 0 Å². The van der Waals surface area contributed by atoms with Crippen LogP contribution >= 0.6 is 0 Å². The minimum absolute atomic E-state index is 0.149. The van der Waals surface area contributed by atoms with E-state index in [-0.39, 0.29) is 11.8 Å². The summed E-state index contributed by atoms with van der Waals surface area (Å²) in [7, 11) is 0. The lowest BCUT2D eigenvalue weighted by atomic mass is 9.99. The molecule has 2 N–H and O–H groups in total. The number of alkyl halides is 3. The minimum atomic E-state index is -4.39. The lowest BCUT2D eigenvalue weighted by molar-refractivity contribution is -0.141. The number of aliphatic hydroxyl groups excluding tert-OH is 2.